The van der Waals surface area contributed by atoms with Gasteiger partial charge in [0.25, 0.3) is 21.8 Å². The van der Waals surface area contributed by atoms with E-state index in [0.717, 1.165) is 10.5 Å². The molecule has 0 atom stereocenters. The second-order valence-corrected chi connectivity index (χ2v) is 8.81. The lowest BCUT2D eigenvalue weighted by molar-refractivity contribution is 0.0642. The Bertz CT molecular complexity index is 1360. The van der Waals surface area contributed by atoms with Crippen LogP contribution in [0.2, 0.25) is 0 Å². The van der Waals surface area contributed by atoms with Gasteiger partial charge in [-0.3, -0.25) is 19.2 Å². The lowest BCUT2D eigenvalue weighted by Gasteiger charge is -2.14. The highest BCUT2D eigenvalue weighted by Gasteiger charge is 2.38. The first-order chi connectivity index (χ1) is 14.8. The van der Waals surface area contributed by atoms with Gasteiger partial charge in [0, 0.05) is 0 Å². The van der Waals surface area contributed by atoms with Crippen LogP contribution in [0.4, 0.5) is 11.4 Å². The van der Waals surface area contributed by atoms with E-state index in [1.54, 1.807) is 36.4 Å². The molecule has 1 aliphatic rings. The van der Waals surface area contributed by atoms with Crippen LogP contribution in [-0.2, 0) is 16.6 Å². The number of hydrogen-bond donors (Lipinski definition) is 1. The summed E-state index contributed by atoms with van der Waals surface area (Å²) in [6.45, 7) is 8.95. The molecule has 0 unspecified atom stereocenters. The summed E-state index contributed by atoms with van der Waals surface area (Å²) in [6.07, 6.45) is 0. The van der Waals surface area contributed by atoms with Crippen LogP contribution < -0.4 is 4.72 Å². The molecule has 0 spiro atoms. The van der Waals surface area contributed by atoms with Gasteiger partial charge < -0.3 is 0 Å². The summed E-state index contributed by atoms with van der Waals surface area (Å²) in [5, 5.41) is 0. The summed E-state index contributed by atoms with van der Waals surface area (Å²) in [6, 6.07) is 17.4. The summed E-state index contributed by atoms with van der Waals surface area (Å²) >= 11 is 0. The van der Waals surface area contributed by atoms with E-state index in [0.29, 0.717) is 11.3 Å². The normalized spacial score (nSPS) is 13.1. The maximum atomic E-state index is 13.1. The Labute approximate surface area is 179 Å². The summed E-state index contributed by atoms with van der Waals surface area (Å²) in [4.78, 5) is 30.4. The zero-order valence-electron chi connectivity index (χ0n) is 16.5. The number of rotatable bonds is 5. The number of sulfonamides is 1. The summed E-state index contributed by atoms with van der Waals surface area (Å²) in [5.74, 6) is -1.10. The van der Waals surface area contributed by atoms with Gasteiger partial charge >= 0.3 is 0 Å². The smallest absolute Gasteiger partial charge is 0.264 e. The van der Waals surface area contributed by atoms with Crippen molar-refractivity contribution in [2.24, 2.45) is 0 Å². The minimum Gasteiger partial charge on any atom is -0.279 e. The number of imide groups is 1. The molecule has 0 saturated carbocycles. The Kier molecular flexibility index (Phi) is 5.05. The second-order valence-electron chi connectivity index (χ2n) is 7.12. The first-order valence-corrected chi connectivity index (χ1v) is 10.8. The van der Waals surface area contributed by atoms with Crippen LogP contribution in [-0.4, -0.2) is 25.1 Å². The summed E-state index contributed by atoms with van der Waals surface area (Å²) in [5.41, 5.74) is 2.15. The van der Waals surface area contributed by atoms with E-state index < -0.39 is 21.8 Å². The molecule has 0 saturated heterocycles. The zero-order valence-corrected chi connectivity index (χ0v) is 17.3. The summed E-state index contributed by atoms with van der Waals surface area (Å²) in [7, 11) is -3.94. The number of nitrogens with zero attached hydrogens (tertiary/aromatic N) is 2. The maximum Gasteiger partial charge on any atom is 0.264 e. The largest absolute Gasteiger partial charge is 0.279 e. The van der Waals surface area contributed by atoms with Crippen molar-refractivity contribution in [3.8, 4) is 0 Å². The van der Waals surface area contributed by atoms with E-state index in [1.165, 1.54) is 30.3 Å². The van der Waals surface area contributed by atoms with Gasteiger partial charge in [-0.2, -0.15) is 0 Å². The predicted molar refractivity (Wildman–Crippen MR) is 115 cm³/mol. The van der Waals surface area contributed by atoms with Crippen LogP contribution in [0.1, 0.15) is 31.8 Å². The fraction of sp³-hybridized carbons (Fsp3) is 0.0870. The third-order valence-electron chi connectivity index (χ3n) is 4.95. The minimum atomic E-state index is -3.94. The molecule has 4 rings (SSSR count). The highest BCUT2D eigenvalue weighted by atomic mass is 32.2. The van der Waals surface area contributed by atoms with Crippen LogP contribution in [0, 0.1) is 13.5 Å². The molecular weight excluding hydrogens is 414 g/mol. The van der Waals surface area contributed by atoms with Crippen LogP contribution >= 0.6 is 0 Å². The van der Waals surface area contributed by atoms with E-state index in [4.69, 9.17) is 6.57 Å². The van der Waals surface area contributed by atoms with Crippen LogP contribution in [0.5, 0.6) is 0 Å². The Morgan fingerprint density at radius 1 is 0.968 bits per heavy atom. The average molecular weight is 431 g/mol. The number of fused-ring (bicyclic) bond motifs is 1. The molecule has 1 heterocycles. The topological polar surface area (TPSA) is 87.9 Å². The molecule has 8 heteroatoms. The van der Waals surface area contributed by atoms with Gasteiger partial charge in [-0.25, -0.2) is 13.3 Å². The van der Waals surface area contributed by atoms with Crippen LogP contribution in [0.3, 0.4) is 0 Å². The van der Waals surface area contributed by atoms with E-state index in [1.807, 2.05) is 6.92 Å². The SMILES string of the molecule is [C-]#[N+]c1cccc(CN2C(=O)c3cccc(NS(=O)(=O)c4ccc(C)cc4)c3C2=O)c1. The van der Waals surface area contributed by atoms with Crippen molar-refractivity contribution in [3.63, 3.8) is 0 Å². The number of benzene rings is 3. The van der Waals surface area contributed by atoms with Crippen molar-refractivity contribution in [1.29, 1.82) is 0 Å². The number of carbonyl (C=O) groups is 2. The molecule has 3 aromatic rings. The number of aryl methyl sites for hydroxylation is 1. The van der Waals surface area contributed by atoms with Crippen molar-refractivity contribution < 1.29 is 18.0 Å². The first kappa shape index (κ1) is 20.3. The summed E-state index contributed by atoms with van der Waals surface area (Å²) < 4.78 is 28.0. The molecular formula is C23H17N3O4S. The fourth-order valence-corrected chi connectivity index (χ4v) is 4.46. The molecule has 0 radical (unpaired) electrons. The number of amides is 2. The minimum absolute atomic E-state index is 0.0140. The first-order valence-electron chi connectivity index (χ1n) is 9.35. The van der Waals surface area contributed by atoms with Gasteiger partial charge in [-0.05, 0) is 36.8 Å². The van der Waals surface area contributed by atoms with Gasteiger partial charge in [-0.1, -0.05) is 48.0 Å². The third-order valence-corrected chi connectivity index (χ3v) is 6.34. The van der Waals surface area contributed by atoms with Gasteiger partial charge in [0.2, 0.25) is 0 Å². The van der Waals surface area contributed by atoms with Crippen LogP contribution in [0.25, 0.3) is 4.85 Å². The van der Waals surface area contributed by atoms with Crippen molar-refractivity contribution >= 4 is 33.2 Å². The van der Waals surface area contributed by atoms with Gasteiger partial charge in [0.05, 0.1) is 34.8 Å². The molecule has 0 aromatic heterocycles. The van der Waals surface area contributed by atoms with Crippen molar-refractivity contribution in [2.75, 3.05) is 4.72 Å². The fourth-order valence-electron chi connectivity index (χ4n) is 3.39. The Balaban J connectivity index is 1.66. The zero-order chi connectivity index (χ0) is 22.2. The molecule has 7 nitrogen and oxygen atoms in total. The average Bonchev–Trinajstić information content (AvgIpc) is 2.99. The van der Waals surface area contributed by atoms with Crippen molar-refractivity contribution in [1.82, 2.24) is 4.90 Å². The lowest BCUT2D eigenvalue weighted by Crippen LogP contribution is -2.29. The van der Waals surface area contributed by atoms with Gasteiger partial charge in [-0.15, -0.1) is 0 Å². The maximum absolute atomic E-state index is 13.1. The monoisotopic (exact) mass is 431 g/mol. The number of nitrogens with one attached hydrogen (secondary N) is 1. The molecule has 2 amide bonds. The number of anilines is 1. The highest BCUT2D eigenvalue weighted by Crippen LogP contribution is 2.32. The molecule has 154 valence electrons. The quantitative estimate of drug-likeness (QED) is 0.486. The predicted octanol–water partition coefficient (Wildman–Crippen LogP) is 4.14. The molecule has 0 aliphatic carbocycles. The van der Waals surface area contributed by atoms with E-state index in [9.17, 15) is 18.0 Å². The van der Waals surface area contributed by atoms with E-state index >= 15 is 0 Å². The molecule has 0 bridgehead atoms. The molecule has 1 N–H and O–H groups in total. The van der Waals surface area contributed by atoms with Crippen molar-refractivity contribution in [3.05, 3.63) is 100 Å². The van der Waals surface area contributed by atoms with Crippen LogP contribution in [0.15, 0.2) is 71.6 Å². The van der Waals surface area contributed by atoms with Crippen molar-refractivity contribution in [2.45, 2.75) is 18.4 Å². The van der Waals surface area contributed by atoms with Gasteiger partial charge in [0.1, 0.15) is 0 Å². The standard InChI is InChI=1S/C23H17N3O4S/c1-15-9-11-18(12-10-15)31(29,30)25-20-8-4-7-19-21(20)23(28)26(22(19)27)14-16-5-3-6-17(13-16)24-2/h3-13,25H,14H2,1H3. The van der Waals surface area contributed by atoms with Gasteiger partial charge in [0.15, 0.2) is 5.69 Å². The molecule has 0 fully saturated rings. The van der Waals surface area contributed by atoms with E-state index in [-0.39, 0.29) is 28.3 Å². The molecule has 3 aromatic carbocycles. The lowest BCUT2D eigenvalue weighted by atomic mass is 10.1. The number of hydrogen-bond acceptors (Lipinski definition) is 4. The number of carbonyl (C=O) groups excluding carboxylic acids is 2. The van der Waals surface area contributed by atoms with E-state index in [2.05, 4.69) is 9.57 Å². The molecule has 31 heavy (non-hydrogen) atoms. The Morgan fingerprint density at radius 3 is 2.39 bits per heavy atom. The molecule has 1 aliphatic heterocycles. The third kappa shape index (κ3) is 3.79. The Morgan fingerprint density at radius 2 is 1.68 bits per heavy atom. The second kappa shape index (κ2) is 7.70. The highest BCUT2D eigenvalue weighted by molar-refractivity contribution is 7.92. The Hall–Kier alpha value is -3.96.